The van der Waals surface area contributed by atoms with Crippen molar-refractivity contribution < 1.29 is 14.3 Å². The second-order valence-electron chi connectivity index (χ2n) is 3.50. The van der Waals surface area contributed by atoms with Crippen LogP contribution in [0.2, 0.25) is 0 Å². The molecule has 0 aliphatic rings. The zero-order valence-electron chi connectivity index (χ0n) is 9.75. The number of anilines is 1. The highest BCUT2D eigenvalue weighted by atomic mass is 16.5. The normalized spacial score (nSPS) is 9.75. The number of ether oxygens (including phenoxy) is 1. The van der Waals surface area contributed by atoms with Gasteiger partial charge in [-0.1, -0.05) is 0 Å². The van der Waals surface area contributed by atoms with Gasteiger partial charge < -0.3 is 10.1 Å². The molecular formula is C11H14N2O3. The van der Waals surface area contributed by atoms with Crippen LogP contribution in [0.15, 0.2) is 6.07 Å². The Labute approximate surface area is 93.8 Å². The van der Waals surface area contributed by atoms with Crippen LogP contribution in [-0.4, -0.2) is 16.9 Å². The molecule has 0 unspecified atom stereocenters. The molecule has 0 fully saturated rings. The quantitative estimate of drug-likeness (QED) is 0.771. The van der Waals surface area contributed by atoms with Crippen molar-refractivity contribution in [3.05, 3.63) is 17.5 Å². The van der Waals surface area contributed by atoms with Gasteiger partial charge in [-0.05, 0) is 19.9 Å². The molecule has 0 aromatic carbocycles. The average Bonchev–Trinajstić information content (AvgIpc) is 2.09. The predicted octanol–water partition coefficient (Wildman–Crippen LogP) is 1.58. The molecule has 1 rings (SSSR count). The third kappa shape index (κ3) is 3.05. The molecule has 5 heteroatoms. The fourth-order valence-corrected chi connectivity index (χ4v) is 1.37. The summed E-state index contributed by atoms with van der Waals surface area (Å²) in [7, 11) is 0. The van der Waals surface area contributed by atoms with Crippen LogP contribution in [0.3, 0.4) is 0 Å². The highest BCUT2D eigenvalue weighted by Gasteiger charge is 2.12. The average molecular weight is 222 g/mol. The number of aryl methyl sites for hydroxylation is 2. The first kappa shape index (κ1) is 12.2. The van der Waals surface area contributed by atoms with Gasteiger partial charge in [-0.2, -0.15) is 0 Å². The molecule has 0 saturated heterocycles. The molecule has 0 spiro atoms. The smallest absolute Gasteiger partial charge is 0.308 e. The highest BCUT2D eigenvalue weighted by Crippen LogP contribution is 2.28. The Balaban J connectivity index is 3.20. The van der Waals surface area contributed by atoms with Crippen molar-refractivity contribution in [2.75, 3.05) is 5.32 Å². The number of nitrogens with one attached hydrogen (secondary N) is 1. The van der Waals surface area contributed by atoms with Crippen LogP contribution in [0.5, 0.6) is 5.75 Å². The summed E-state index contributed by atoms with van der Waals surface area (Å²) in [5.41, 5.74) is 1.78. The lowest BCUT2D eigenvalue weighted by Gasteiger charge is -2.12. The Bertz CT molecular complexity index is 441. The summed E-state index contributed by atoms with van der Waals surface area (Å²) in [5, 5.41) is 2.60. The van der Waals surface area contributed by atoms with E-state index >= 15 is 0 Å². The van der Waals surface area contributed by atoms with E-state index in [4.69, 9.17) is 4.74 Å². The standard InChI is InChI=1S/C11H14N2O3/c1-6-5-10(13-8(3)14)11(7(2)12-6)16-9(4)15/h5H,1-4H3,(H,12,13,14). The fourth-order valence-electron chi connectivity index (χ4n) is 1.37. The summed E-state index contributed by atoms with van der Waals surface area (Å²) in [6.07, 6.45) is 0. The maximum absolute atomic E-state index is 11.0. The molecule has 1 aromatic rings. The Hall–Kier alpha value is -1.91. The molecule has 1 aromatic heterocycles. The van der Waals surface area contributed by atoms with Gasteiger partial charge in [-0.3, -0.25) is 14.6 Å². The fraction of sp³-hybridized carbons (Fsp3) is 0.364. The minimum atomic E-state index is -0.444. The van der Waals surface area contributed by atoms with Gasteiger partial charge in [0, 0.05) is 19.5 Å². The van der Waals surface area contributed by atoms with Crippen molar-refractivity contribution >= 4 is 17.6 Å². The molecule has 1 amide bonds. The number of amides is 1. The molecule has 0 saturated carbocycles. The summed E-state index contributed by atoms with van der Waals surface area (Å²) in [5.74, 6) is -0.368. The first-order chi connectivity index (χ1) is 7.40. The molecule has 0 radical (unpaired) electrons. The minimum Gasteiger partial charge on any atom is -0.423 e. The monoisotopic (exact) mass is 222 g/mol. The van der Waals surface area contributed by atoms with Gasteiger partial charge in [-0.25, -0.2) is 0 Å². The topological polar surface area (TPSA) is 68.3 Å². The van der Waals surface area contributed by atoms with Crippen LogP contribution in [0.1, 0.15) is 25.2 Å². The van der Waals surface area contributed by atoms with Gasteiger partial charge >= 0.3 is 5.97 Å². The van der Waals surface area contributed by atoms with E-state index in [0.29, 0.717) is 17.1 Å². The number of pyridine rings is 1. The number of carbonyl (C=O) groups is 2. The Morgan fingerprint density at radius 1 is 1.31 bits per heavy atom. The molecule has 86 valence electrons. The van der Waals surface area contributed by atoms with E-state index in [2.05, 4.69) is 10.3 Å². The first-order valence-corrected chi connectivity index (χ1v) is 4.84. The van der Waals surface area contributed by atoms with Crippen molar-refractivity contribution in [3.63, 3.8) is 0 Å². The van der Waals surface area contributed by atoms with Crippen molar-refractivity contribution in [2.24, 2.45) is 0 Å². The summed E-state index contributed by atoms with van der Waals surface area (Å²) >= 11 is 0. The van der Waals surface area contributed by atoms with Gasteiger partial charge in [-0.15, -0.1) is 0 Å². The Kier molecular flexibility index (Phi) is 3.60. The van der Waals surface area contributed by atoms with Crippen molar-refractivity contribution in [3.8, 4) is 5.75 Å². The first-order valence-electron chi connectivity index (χ1n) is 4.84. The molecule has 0 aliphatic heterocycles. The van der Waals surface area contributed by atoms with E-state index in [1.807, 2.05) is 0 Å². The summed E-state index contributed by atoms with van der Waals surface area (Å²) in [4.78, 5) is 26.1. The Morgan fingerprint density at radius 3 is 2.44 bits per heavy atom. The van der Waals surface area contributed by atoms with Crippen molar-refractivity contribution in [1.29, 1.82) is 0 Å². The van der Waals surface area contributed by atoms with E-state index in [0.717, 1.165) is 5.69 Å². The van der Waals surface area contributed by atoms with Crippen LogP contribution in [-0.2, 0) is 9.59 Å². The summed E-state index contributed by atoms with van der Waals surface area (Å²) in [6.45, 7) is 6.21. The second-order valence-corrected chi connectivity index (χ2v) is 3.50. The molecule has 0 bridgehead atoms. The van der Waals surface area contributed by atoms with E-state index in [1.165, 1.54) is 13.8 Å². The van der Waals surface area contributed by atoms with E-state index in [-0.39, 0.29) is 5.91 Å². The lowest BCUT2D eigenvalue weighted by Crippen LogP contribution is -2.12. The lowest BCUT2D eigenvalue weighted by molar-refractivity contribution is -0.132. The number of hydrogen-bond donors (Lipinski definition) is 1. The van der Waals surface area contributed by atoms with E-state index in [1.54, 1.807) is 19.9 Å². The van der Waals surface area contributed by atoms with Crippen LogP contribution in [0.25, 0.3) is 0 Å². The van der Waals surface area contributed by atoms with Gasteiger partial charge in [0.1, 0.15) is 0 Å². The highest BCUT2D eigenvalue weighted by molar-refractivity contribution is 5.91. The maximum Gasteiger partial charge on any atom is 0.308 e. The van der Waals surface area contributed by atoms with Crippen LogP contribution in [0, 0.1) is 13.8 Å². The number of aromatic nitrogens is 1. The van der Waals surface area contributed by atoms with Crippen molar-refractivity contribution in [2.45, 2.75) is 27.7 Å². The predicted molar refractivity (Wildman–Crippen MR) is 59.3 cm³/mol. The van der Waals surface area contributed by atoms with Gasteiger partial charge in [0.25, 0.3) is 0 Å². The lowest BCUT2D eigenvalue weighted by atomic mass is 10.2. The molecule has 1 N–H and O–H groups in total. The molecule has 1 heterocycles. The van der Waals surface area contributed by atoms with Crippen LogP contribution < -0.4 is 10.1 Å². The van der Waals surface area contributed by atoms with E-state index < -0.39 is 5.97 Å². The number of hydrogen-bond acceptors (Lipinski definition) is 4. The molecule has 16 heavy (non-hydrogen) atoms. The maximum atomic E-state index is 11.0. The molecule has 5 nitrogen and oxygen atoms in total. The molecule has 0 atom stereocenters. The SMILES string of the molecule is CC(=O)Nc1cc(C)nc(C)c1OC(C)=O. The number of esters is 1. The minimum absolute atomic E-state index is 0.224. The van der Waals surface area contributed by atoms with E-state index in [9.17, 15) is 9.59 Å². The third-order valence-electron chi connectivity index (χ3n) is 1.83. The van der Waals surface area contributed by atoms with Gasteiger partial charge in [0.05, 0.1) is 11.4 Å². The largest absolute Gasteiger partial charge is 0.423 e. The van der Waals surface area contributed by atoms with Gasteiger partial charge in [0.2, 0.25) is 5.91 Å². The summed E-state index contributed by atoms with van der Waals surface area (Å²) < 4.78 is 5.02. The van der Waals surface area contributed by atoms with Crippen LogP contribution in [0.4, 0.5) is 5.69 Å². The number of nitrogens with zero attached hydrogens (tertiary/aromatic N) is 1. The number of rotatable bonds is 2. The molecule has 0 aliphatic carbocycles. The van der Waals surface area contributed by atoms with Crippen LogP contribution >= 0.6 is 0 Å². The summed E-state index contributed by atoms with van der Waals surface area (Å²) in [6, 6.07) is 1.66. The zero-order valence-corrected chi connectivity index (χ0v) is 9.75. The zero-order chi connectivity index (χ0) is 12.3. The van der Waals surface area contributed by atoms with Crippen molar-refractivity contribution in [1.82, 2.24) is 4.98 Å². The Morgan fingerprint density at radius 2 is 1.94 bits per heavy atom. The number of carbonyl (C=O) groups excluding carboxylic acids is 2. The second kappa shape index (κ2) is 4.74. The molecular weight excluding hydrogens is 208 g/mol. The third-order valence-corrected chi connectivity index (χ3v) is 1.83. The van der Waals surface area contributed by atoms with Gasteiger partial charge in [0.15, 0.2) is 5.75 Å².